The third-order valence-electron chi connectivity index (χ3n) is 5.27. The molecule has 0 amide bonds. The summed E-state index contributed by atoms with van der Waals surface area (Å²) in [6, 6.07) is 4.57. The van der Waals surface area contributed by atoms with E-state index in [0.29, 0.717) is 30.5 Å². The predicted octanol–water partition coefficient (Wildman–Crippen LogP) is 3.05. The molecule has 0 aromatic heterocycles. The van der Waals surface area contributed by atoms with Gasteiger partial charge in [-0.25, -0.2) is 8.42 Å². The van der Waals surface area contributed by atoms with Crippen molar-refractivity contribution in [1.29, 1.82) is 0 Å². The Labute approximate surface area is 148 Å². The van der Waals surface area contributed by atoms with Crippen LogP contribution in [-0.4, -0.2) is 43.6 Å². The van der Waals surface area contributed by atoms with E-state index >= 15 is 0 Å². The number of rotatable bonds is 4. The van der Waals surface area contributed by atoms with Crippen molar-refractivity contribution < 1.29 is 18.3 Å². The van der Waals surface area contributed by atoms with Crippen molar-refractivity contribution in [1.82, 2.24) is 4.31 Å². The summed E-state index contributed by atoms with van der Waals surface area (Å²) in [4.78, 5) is 0.194. The van der Waals surface area contributed by atoms with Gasteiger partial charge in [-0.1, -0.05) is 18.0 Å². The zero-order valence-corrected chi connectivity index (χ0v) is 15.4. The van der Waals surface area contributed by atoms with Crippen molar-refractivity contribution >= 4 is 21.6 Å². The number of sulfonamides is 1. The summed E-state index contributed by atoms with van der Waals surface area (Å²) < 4.78 is 33.0. The van der Waals surface area contributed by atoms with Crippen molar-refractivity contribution in [2.24, 2.45) is 5.41 Å². The van der Waals surface area contributed by atoms with E-state index in [2.05, 4.69) is 0 Å². The zero-order chi connectivity index (χ0) is 17.4. The Morgan fingerprint density at radius 3 is 2.79 bits per heavy atom. The second-order valence-corrected chi connectivity index (χ2v) is 9.08. The maximum atomic E-state index is 13.0. The normalized spacial score (nSPS) is 28.4. The number of hydrogen-bond acceptors (Lipinski definition) is 4. The molecule has 1 saturated carbocycles. The quantitative estimate of drug-likeness (QED) is 0.880. The van der Waals surface area contributed by atoms with E-state index in [1.807, 2.05) is 6.92 Å². The Bertz CT molecular complexity index is 709. The molecule has 1 aliphatic carbocycles. The Morgan fingerprint density at radius 2 is 2.12 bits per heavy atom. The van der Waals surface area contributed by atoms with E-state index in [1.165, 1.54) is 16.4 Å². The van der Waals surface area contributed by atoms with Crippen molar-refractivity contribution in [2.45, 2.75) is 50.0 Å². The van der Waals surface area contributed by atoms with Crippen molar-refractivity contribution in [3.05, 3.63) is 23.2 Å². The van der Waals surface area contributed by atoms with Crippen LogP contribution < -0.4 is 4.74 Å². The minimum atomic E-state index is -3.62. The first-order valence-corrected chi connectivity index (χ1v) is 10.3. The maximum absolute atomic E-state index is 13.0. The van der Waals surface area contributed by atoms with Gasteiger partial charge in [0.15, 0.2) is 0 Å². The average molecular weight is 374 g/mol. The van der Waals surface area contributed by atoms with Gasteiger partial charge in [-0.05, 0) is 44.7 Å². The SMILES string of the molecule is CCOc1cc(S(=O)(=O)N2CCC[C@]3(CCCC3O)C2)ccc1Cl. The Balaban J connectivity index is 1.89. The van der Waals surface area contributed by atoms with E-state index in [1.54, 1.807) is 6.07 Å². The summed E-state index contributed by atoms with van der Waals surface area (Å²) in [5, 5.41) is 10.8. The molecule has 3 rings (SSSR count). The summed E-state index contributed by atoms with van der Waals surface area (Å²) in [6.45, 7) is 3.13. The van der Waals surface area contributed by atoms with Gasteiger partial charge in [0, 0.05) is 24.6 Å². The number of halogens is 1. The molecule has 5 nitrogen and oxygen atoms in total. The molecule has 2 fully saturated rings. The molecule has 1 aromatic carbocycles. The molecule has 134 valence electrons. The third-order valence-corrected chi connectivity index (χ3v) is 7.43. The lowest BCUT2D eigenvalue weighted by atomic mass is 9.77. The van der Waals surface area contributed by atoms with Crippen molar-refractivity contribution in [3.8, 4) is 5.75 Å². The molecule has 1 aromatic rings. The van der Waals surface area contributed by atoms with E-state index in [9.17, 15) is 13.5 Å². The first kappa shape index (κ1) is 18.0. The van der Waals surface area contributed by atoms with Gasteiger partial charge in [-0.2, -0.15) is 4.31 Å². The Kier molecular flexibility index (Phi) is 5.12. The molecule has 1 spiro atoms. The molecule has 1 heterocycles. The van der Waals surface area contributed by atoms with E-state index < -0.39 is 16.1 Å². The Hall–Kier alpha value is -0.820. The van der Waals surface area contributed by atoms with Crippen LogP contribution in [0.2, 0.25) is 5.02 Å². The minimum Gasteiger partial charge on any atom is -0.492 e. The first-order valence-electron chi connectivity index (χ1n) is 8.50. The summed E-state index contributed by atoms with van der Waals surface area (Å²) in [5.41, 5.74) is -0.277. The van der Waals surface area contributed by atoms with Gasteiger partial charge in [-0.15, -0.1) is 0 Å². The number of nitrogens with zero attached hydrogens (tertiary/aromatic N) is 1. The van der Waals surface area contributed by atoms with Gasteiger partial charge in [0.1, 0.15) is 5.75 Å². The van der Waals surface area contributed by atoms with Gasteiger partial charge in [0.05, 0.1) is 22.6 Å². The summed E-state index contributed by atoms with van der Waals surface area (Å²) in [6.07, 6.45) is 3.89. The second kappa shape index (κ2) is 6.83. The van der Waals surface area contributed by atoms with Crippen molar-refractivity contribution in [3.63, 3.8) is 0 Å². The van der Waals surface area contributed by atoms with Gasteiger partial charge in [0.25, 0.3) is 0 Å². The number of piperidine rings is 1. The summed E-state index contributed by atoms with van der Waals surface area (Å²) in [7, 11) is -3.62. The molecule has 2 atom stereocenters. The fourth-order valence-electron chi connectivity index (χ4n) is 3.98. The molecule has 2 aliphatic rings. The molecular formula is C17H24ClNO4S. The van der Waals surface area contributed by atoms with Crippen LogP contribution in [-0.2, 0) is 10.0 Å². The fraction of sp³-hybridized carbons (Fsp3) is 0.647. The molecule has 0 bridgehead atoms. The van der Waals surface area contributed by atoms with Gasteiger partial charge in [0.2, 0.25) is 10.0 Å². The Morgan fingerprint density at radius 1 is 1.38 bits per heavy atom. The van der Waals surface area contributed by atoms with Crippen LogP contribution in [0.3, 0.4) is 0 Å². The molecule has 1 aliphatic heterocycles. The lowest BCUT2D eigenvalue weighted by Gasteiger charge is -2.41. The maximum Gasteiger partial charge on any atom is 0.243 e. The van der Waals surface area contributed by atoms with Crippen molar-refractivity contribution in [2.75, 3.05) is 19.7 Å². The smallest absolute Gasteiger partial charge is 0.243 e. The van der Waals surface area contributed by atoms with Crippen LogP contribution in [0.5, 0.6) is 5.75 Å². The molecule has 1 unspecified atom stereocenters. The van der Waals surface area contributed by atoms with E-state index in [0.717, 1.165) is 32.1 Å². The number of aliphatic hydroxyl groups excluding tert-OH is 1. The number of hydrogen-bond donors (Lipinski definition) is 1. The number of benzene rings is 1. The zero-order valence-electron chi connectivity index (χ0n) is 13.9. The predicted molar refractivity (Wildman–Crippen MR) is 92.9 cm³/mol. The second-order valence-electron chi connectivity index (χ2n) is 6.74. The third kappa shape index (κ3) is 3.17. The highest BCUT2D eigenvalue weighted by atomic mass is 35.5. The molecule has 0 radical (unpaired) electrons. The van der Waals surface area contributed by atoms with Crippen LogP contribution in [0.25, 0.3) is 0 Å². The van der Waals surface area contributed by atoms with Crippen LogP contribution >= 0.6 is 11.6 Å². The largest absolute Gasteiger partial charge is 0.492 e. The van der Waals surface area contributed by atoms with E-state index in [-0.39, 0.29) is 10.3 Å². The summed E-state index contributed by atoms with van der Waals surface area (Å²) >= 11 is 6.06. The van der Waals surface area contributed by atoms with Crippen LogP contribution in [0, 0.1) is 5.41 Å². The molecule has 24 heavy (non-hydrogen) atoms. The highest BCUT2D eigenvalue weighted by molar-refractivity contribution is 7.89. The van der Waals surface area contributed by atoms with Crippen LogP contribution in [0.15, 0.2) is 23.1 Å². The topological polar surface area (TPSA) is 66.8 Å². The van der Waals surface area contributed by atoms with Gasteiger partial charge < -0.3 is 9.84 Å². The molecule has 1 saturated heterocycles. The molecule has 7 heteroatoms. The van der Waals surface area contributed by atoms with Crippen LogP contribution in [0.1, 0.15) is 39.0 Å². The molecule has 1 N–H and O–H groups in total. The van der Waals surface area contributed by atoms with Gasteiger partial charge >= 0.3 is 0 Å². The highest BCUT2D eigenvalue weighted by Gasteiger charge is 2.47. The summed E-state index contributed by atoms with van der Waals surface area (Å²) in [5.74, 6) is 0.382. The monoisotopic (exact) mass is 373 g/mol. The molecular weight excluding hydrogens is 350 g/mol. The van der Waals surface area contributed by atoms with Gasteiger partial charge in [-0.3, -0.25) is 0 Å². The van der Waals surface area contributed by atoms with E-state index in [4.69, 9.17) is 16.3 Å². The lowest BCUT2D eigenvalue weighted by Crippen LogP contribution is -2.49. The highest BCUT2D eigenvalue weighted by Crippen LogP contribution is 2.46. The number of aliphatic hydroxyl groups is 1. The fourth-order valence-corrected chi connectivity index (χ4v) is 5.74. The first-order chi connectivity index (χ1) is 11.4. The minimum absolute atomic E-state index is 0.194. The average Bonchev–Trinajstić information content (AvgIpc) is 2.90. The standard InChI is InChI=1S/C17H24ClNO4S/c1-2-23-15-11-13(6-7-14(15)18)24(21,22)19-10-4-9-17(12-19)8-3-5-16(17)20/h6-7,11,16,20H,2-5,8-10,12H2,1H3/t16?,17-/m1/s1. The number of ether oxygens (including phenoxy) is 1. The van der Waals surface area contributed by atoms with Crippen LogP contribution in [0.4, 0.5) is 0 Å². The lowest BCUT2D eigenvalue weighted by molar-refractivity contribution is 0.0127.